The molecule has 0 aliphatic heterocycles. The minimum atomic E-state index is -0.930. The number of aliphatic carboxylic acids is 1. The predicted octanol–water partition coefficient (Wildman–Crippen LogP) is 3.64. The van der Waals surface area contributed by atoms with E-state index in [1.54, 1.807) is 19.1 Å². The van der Waals surface area contributed by atoms with Gasteiger partial charge in [-0.15, -0.1) is 0 Å². The molecule has 0 aromatic heterocycles. The summed E-state index contributed by atoms with van der Waals surface area (Å²) in [5, 5.41) is 29.2. The molecule has 0 saturated heterocycles. The molecule has 5 nitrogen and oxygen atoms in total. The SMILES string of the molecule is CCCCC[C@@](C)(O)C=C[C@H]1C(=O)C[C@H](O)[C@@H]1C/C=C/CCCC(=O)O. The highest BCUT2D eigenvalue weighted by atomic mass is 16.4. The fourth-order valence-electron chi connectivity index (χ4n) is 3.39. The summed E-state index contributed by atoms with van der Waals surface area (Å²) < 4.78 is 0. The Morgan fingerprint density at radius 2 is 2.00 bits per heavy atom. The molecule has 0 unspecified atom stereocenters. The molecule has 0 amide bonds. The summed E-state index contributed by atoms with van der Waals surface area (Å²) in [6, 6.07) is 0. The lowest BCUT2D eigenvalue weighted by Gasteiger charge is -2.21. The second-order valence-corrected chi connectivity index (χ2v) is 7.59. The Morgan fingerprint density at radius 3 is 2.65 bits per heavy atom. The smallest absolute Gasteiger partial charge is 0.303 e. The number of hydrogen-bond acceptors (Lipinski definition) is 4. The van der Waals surface area contributed by atoms with Gasteiger partial charge in [-0.2, -0.15) is 0 Å². The van der Waals surface area contributed by atoms with Gasteiger partial charge in [-0.05, 0) is 32.6 Å². The van der Waals surface area contributed by atoms with Crippen molar-refractivity contribution < 1.29 is 24.9 Å². The van der Waals surface area contributed by atoms with Crippen molar-refractivity contribution in [3.8, 4) is 0 Å². The fraction of sp³-hybridized carbons (Fsp3) is 0.714. The fourth-order valence-corrected chi connectivity index (χ4v) is 3.39. The summed E-state index contributed by atoms with van der Waals surface area (Å²) in [7, 11) is 0. The van der Waals surface area contributed by atoms with Crippen molar-refractivity contribution in [3.63, 3.8) is 0 Å². The van der Waals surface area contributed by atoms with Gasteiger partial charge in [-0.1, -0.05) is 50.5 Å². The standard InChI is InChI=1S/C21H34O5/c1-3-4-9-13-21(2,26)14-12-17-16(18(22)15-19(17)23)10-7-5-6-8-11-20(24)25/h5,7,12,14,16-18,22,26H,3-4,6,8-11,13,15H2,1-2H3,(H,24,25)/b7-5+,14-12?/t16-,17-,18+,21-/m1/s1. The van der Waals surface area contributed by atoms with Crippen LogP contribution in [0.5, 0.6) is 0 Å². The summed E-state index contributed by atoms with van der Waals surface area (Å²) >= 11 is 0. The Balaban J connectivity index is 2.58. The van der Waals surface area contributed by atoms with Crippen LogP contribution in [0.2, 0.25) is 0 Å². The summed E-state index contributed by atoms with van der Waals surface area (Å²) in [5.41, 5.74) is -0.930. The van der Waals surface area contributed by atoms with E-state index in [0.717, 1.165) is 19.3 Å². The third-order valence-corrected chi connectivity index (χ3v) is 5.02. The third-order valence-electron chi connectivity index (χ3n) is 5.02. The Bertz CT molecular complexity index is 507. The Hall–Kier alpha value is -1.46. The summed E-state index contributed by atoms with van der Waals surface area (Å²) in [4.78, 5) is 22.7. The van der Waals surface area contributed by atoms with Gasteiger partial charge in [0.1, 0.15) is 5.78 Å². The van der Waals surface area contributed by atoms with Crippen molar-refractivity contribution in [2.45, 2.75) is 83.3 Å². The van der Waals surface area contributed by atoms with E-state index in [9.17, 15) is 19.8 Å². The van der Waals surface area contributed by atoms with Gasteiger partial charge in [0.25, 0.3) is 0 Å². The Kier molecular flexibility index (Phi) is 9.81. The first-order valence-electron chi connectivity index (χ1n) is 9.76. The van der Waals surface area contributed by atoms with Crippen LogP contribution in [-0.4, -0.2) is 38.8 Å². The van der Waals surface area contributed by atoms with Crippen LogP contribution in [0.4, 0.5) is 0 Å². The number of carbonyl (C=O) groups excluding carboxylic acids is 1. The molecule has 4 atom stereocenters. The van der Waals surface area contributed by atoms with Crippen LogP contribution in [0, 0.1) is 11.8 Å². The van der Waals surface area contributed by atoms with Crippen LogP contribution < -0.4 is 0 Å². The van der Waals surface area contributed by atoms with Crippen molar-refractivity contribution in [2.24, 2.45) is 11.8 Å². The summed E-state index contributed by atoms with van der Waals surface area (Å²) in [6.45, 7) is 3.87. The molecule has 0 heterocycles. The molecule has 0 spiro atoms. The molecule has 1 rings (SSSR count). The number of carboxylic acids is 1. The molecule has 3 N–H and O–H groups in total. The van der Waals surface area contributed by atoms with Crippen LogP contribution in [0.1, 0.15) is 71.6 Å². The van der Waals surface area contributed by atoms with E-state index in [4.69, 9.17) is 5.11 Å². The number of ketones is 1. The largest absolute Gasteiger partial charge is 0.481 e. The molecule has 1 aliphatic carbocycles. The molecule has 0 radical (unpaired) electrons. The highest BCUT2D eigenvalue weighted by Gasteiger charge is 2.39. The van der Waals surface area contributed by atoms with Crippen LogP contribution in [0.3, 0.4) is 0 Å². The van der Waals surface area contributed by atoms with Gasteiger partial charge >= 0.3 is 5.97 Å². The van der Waals surface area contributed by atoms with E-state index in [1.165, 1.54) is 0 Å². The quantitative estimate of drug-likeness (QED) is 0.362. The first-order chi connectivity index (χ1) is 12.3. The molecule has 5 heteroatoms. The summed E-state index contributed by atoms with van der Waals surface area (Å²) in [5.74, 6) is -1.33. The molecular formula is C21H34O5. The number of aliphatic hydroxyl groups excluding tert-OH is 1. The van der Waals surface area contributed by atoms with E-state index in [-0.39, 0.29) is 30.5 Å². The second kappa shape index (κ2) is 11.3. The zero-order valence-electron chi connectivity index (χ0n) is 16.1. The average molecular weight is 366 g/mol. The Morgan fingerprint density at radius 1 is 1.27 bits per heavy atom. The van der Waals surface area contributed by atoms with Crippen LogP contribution in [0.25, 0.3) is 0 Å². The van der Waals surface area contributed by atoms with E-state index in [1.807, 2.05) is 12.2 Å². The lowest BCUT2D eigenvalue weighted by Crippen LogP contribution is -2.23. The topological polar surface area (TPSA) is 94.8 Å². The van der Waals surface area contributed by atoms with Crippen molar-refractivity contribution in [2.75, 3.05) is 0 Å². The van der Waals surface area contributed by atoms with Crippen LogP contribution in [0.15, 0.2) is 24.3 Å². The number of carboxylic acid groups (broad SMARTS) is 1. The van der Waals surface area contributed by atoms with Crippen LogP contribution >= 0.6 is 0 Å². The minimum absolute atomic E-state index is 0.0161. The third kappa shape index (κ3) is 8.28. The van der Waals surface area contributed by atoms with Crippen molar-refractivity contribution in [3.05, 3.63) is 24.3 Å². The Labute approximate surface area is 156 Å². The predicted molar refractivity (Wildman–Crippen MR) is 102 cm³/mol. The first kappa shape index (κ1) is 22.6. The number of carbonyl (C=O) groups is 2. The van der Waals surface area contributed by atoms with E-state index in [2.05, 4.69) is 6.92 Å². The molecule has 1 saturated carbocycles. The second-order valence-electron chi connectivity index (χ2n) is 7.59. The lowest BCUT2D eigenvalue weighted by molar-refractivity contribution is -0.137. The molecule has 0 aromatic carbocycles. The van der Waals surface area contributed by atoms with Crippen molar-refractivity contribution in [1.29, 1.82) is 0 Å². The van der Waals surface area contributed by atoms with Crippen molar-refractivity contribution in [1.82, 2.24) is 0 Å². The molecule has 0 bridgehead atoms. The lowest BCUT2D eigenvalue weighted by atomic mass is 9.88. The maximum atomic E-state index is 12.2. The first-order valence-corrected chi connectivity index (χ1v) is 9.76. The van der Waals surface area contributed by atoms with E-state index < -0.39 is 17.7 Å². The van der Waals surface area contributed by atoms with Crippen molar-refractivity contribution >= 4 is 11.8 Å². The van der Waals surface area contributed by atoms with Gasteiger partial charge in [0.05, 0.1) is 11.7 Å². The van der Waals surface area contributed by atoms with Gasteiger partial charge in [0, 0.05) is 24.7 Å². The molecule has 148 valence electrons. The monoisotopic (exact) mass is 366 g/mol. The molecule has 0 aromatic rings. The normalized spacial score (nSPS) is 26.0. The van der Waals surface area contributed by atoms with E-state index >= 15 is 0 Å². The van der Waals surface area contributed by atoms with E-state index in [0.29, 0.717) is 25.7 Å². The summed E-state index contributed by atoms with van der Waals surface area (Å²) in [6.07, 6.45) is 12.6. The molecule has 1 aliphatic rings. The number of hydrogen-bond donors (Lipinski definition) is 3. The highest BCUT2D eigenvalue weighted by Crippen LogP contribution is 2.34. The maximum Gasteiger partial charge on any atom is 0.303 e. The van der Waals surface area contributed by atoms with Gasteiger partial charge in [0.15, 0.2) is 0 Å². The van der Waals surface area contributed by atoms with Gasteiger partial charge < -0.3 is 15.3 Å². The average Bonchev–Trinajstić information content (AvgIpc) is 2.82. The number of unbranched alkanes of at least 4 members (excludes halogenated alkanes) is 3. The van der Waals surface area contributed by atoms with Gasteiger partial charge in [-0.25, -0.2) is 0 Å². The maximum absolute atomic E-state index is 12.2. The zero-order valence-corrected chi connectivity index (χ0v) is 16.1. The number of Topliss-reactive ketones (excluding diaryl/α,β-unsaturated/α-hetero) is 1. The highest BCUT2D eigenvalue weighted by molar-refractivity contribution is 5.86. The zero-order chi connectivity index (χ0) is 19.6. The molecule has 26 heavy (non-hydrogen) atoms. The number of aliphatic hydroxyl groups is 2. The number of allylic oxidation sites excluding steroid dienone is 3. The minimum Gasteiger partial charge on any atom is -0.481 e. The molecular weight excluding hydrogens is 332 g/mol. The van der Waals surface area contributed by atoms with Gasteiger partial charge in [-0.3, -0.25) is 9.59 Å². The van der Waals surface area contributed by atoms with Gasteiger partial charge in [0.2, 0.25) is 0 Å². The molecule has 1 fully saturated rings. The van der Waals surface area contributed by atoms with Crippen LogP contribution in [-0.2, 0) is 9.59 Å². The number of rotatable bonds is 12.